The second kappa shape index (κ2) is 11.5. The molecule has 0 unspecified atom stereocenters. The Balaban J connectivity index is 0.00000361. The van der Waals surface area contributed by atoms with E-state index in [4.69, 9.17) is 0 Å². The second-order valence-corrected chi connectivity index (χ2v) is 3.96. The van der Waals surface area contributed by atoms with E-state index in [1.807, 2.05) is 44.2 Å². The van der Waals surface area contributed by atoms with E-state index in [-0.39, 0.29) is 29.9 Å². The predicted octanol–water partition coefficient (Wildman–Crippen LogP) is 2.21. The number of hydrogen-bond donors (Lipinski definition) is 3. The molecule has 20 heavy (non-hydrogen) atoms. The summed E-state index contributed by atoms with van der Waals surface area (Å²) in [5, 5.41) is 9.06. The summed E-state index contributed by atoms with van der Waals surface area (Å²) in [6.07, 6.45) is 0.370. The van der Waals surface area contributed by atoms with E-state index in [0.717, 1.165) is 24.7 Å². The van der Waals surface area contributed by atoms with Crippen LogP contribution in [-0.2, 0) is 4.79 Å². The van der Waals surface area contributed by atoms with Crippen molar-refractivity contribution in [2.45, 2.75) is 20.3 Å². The van der Waals surface area contributed by atoms with Crippen LogP contribution in [-0.4, -0.2) is 31.5 Å². The Labute approximate surface area is 137 Å². The maximum atomic E-state index is 11.7. The molecular formula is C14H23IN4O. The van der Waals surface area contributed by atoms with Crippen LogP contribution in [0.4, 0.5) is 5.69 Å². The van der Waals surface area contributed by atoms with Crippen LogP contribution in [0, 0.1) is 0 Å². The number of hydrogen-bond acceptors (Lipinski definition) is 2. The van der Waals surface area contributed by atoms with E-state index in [9.17, 15) is 4.79 Å². The van der Waals surface area contributed by atoms with E-state index < -0.39 is 0 Å². The van der Waals surface area contributed by atoms with Crippen molar-refractivity contribution in [2.75, 3.05) is 25.0 Å². The molecule has 0 saturated carbocycles. The third-order valence-electron chi connectivity index (χ3n) is 2.35. The number of anilines is 1. The van der Waals surface area contributed by atoms with Crippen molar-refractivity contribution < 1.29 is 4.79 Å². The van der Waals surface area contributed by atoms with Gasteiger partial charge in [0.2, 0.25) is 5.91 Å². The zero-order valence-corrected chi connectivity index (χ0v) is 14.3. The Bertz CT molecular complexity index is 401. The fraction of sp³-hybridized carbons (Fsp3) is 0.429. The Kier molecular flexibility index (Phi) is 10.8. The molecule has 0 spiro atoms. The molecule has 0 radical (unpaired) electrons. The van der Waals surface area contributed by atoms with Gasteiger partial charge in [0.25, 0.3) is 0 Å². The molecule has 0 bridgehead atoms. The van der Waals surface area contributed by atoms with Gasteiger partial charge in [0, 0.05) is 25.2 Å². The van der Waals surface area contributed by atoms with Gasteiger partial charge in [0.15, 0.2) is 5.96 Å². The topological polar surface area (TPSA) is 65.5 Å². The molecule has 6 heteroatoms. The minimum absolute atomic E-state index is 0. The summed E-state index contributed by atoms with van der Waals surface area (Å²) in [6, 6.07) is 9.43. The van der Waals surface area contributed by atoms with Gasteiger partial charge in [-0.25, -0.2) is 0 Å². The molecule has 1 rings (SSSR count). The molecule has 0 saturated heterocycles. The van der Waals surface area contributed by atoms with Crippen molar-refractivity contribution >= 4 is 41.5 Å². The second-order valence-electron chi connectivity index (χ2n) is 3.96. The average Bonchev–Trinajstić information content (AvgIpc) is 2.40. The Morgan fingerprint density at radius 1 is 1.10 bits per heavy atom. The highest BCUT2D eigenvalue weighted by atomic mass is 127. The summed E-state index contributed by atoms with van der Waals surface area (Å²) in [5.41, 5.74) is 0.815. The molecule has 0 heterocycles. The third-order valence-corrected chi connectivity index (χ3v) is 2.35. The number of nitrogens with zero attached hydrogens (tertiary/aromatic N) is 1. The van der Waals surface area contributed by atoms with Crippen LogP contribution >= 0.6 is 24.0 Å². The van der Waals surface area contributed by atoms with Crippen molar-refractivity contribution in [3.05, 3.63) is 30.3 Å². The average molecular weight is 390 g/mol. The highest BCUT2D eigenvalue weighted by Crippen LogP contribution is 2.05. The molecule has 5 nitrogen and oxygen atoms in total. The quantitative estimate of drug-likeness (QED) is 0.397. The lowest BCUT2D eigenvalue weighted by Gasteiger charge is -2.09. The summed E-state index contributed by atoms with van der Waals surface area (Å²) < 4.78 is 0. The van der Waals surface area contributed by atoms with Gasteiger partial charge in [-0.2, -0.15) is 0 Å². The minimum atomic E-state index is -0.0257. The molecular weight excluding hydrogens is 367 g/mol. The highest BCUT2D eigenvalue weighted by Gasteiger charge is 2.01. The molecule has 112 valence electrons. The number of para-hydroxylation sites is 1. The number of amides is 1. The molecule has 0 aliphatic carbocycles. The Hall–Kier alpha value is -1.31. The summed E-state index contributed by atoms with van der Waals surface area (Å²) >= 11 is 0. The van der Waals surface area contributed by atoms with E-state index >= 15 is 0 Å². The summed E-state index contributed by atoms with van der Waals surface area (Å²) in [7, 11) is 0. The number of aliphatic imine (C=N–C) groups is 1. The number of rotatable bonds is 6. The number of halogens is 1. The van der Waals surface area contributed by atoms with Gasteiger partial charge in [-0.15, -0.1) is 24.0 Å². The molecule has 0 aliphatic heterocycles. The van der Waals surface area contributed by atoms with Gasteiger partial charge in [-0.3, -0.25) is 9.79 Å². The van der Waals surface area contributed by atoms with Crippen molar-refractivity contribution in [3.63, 3.8) is 0 Å². The lowest BCUT2D eigenvalue weighted by atomic mass is 10.3. The fourth-order valence-corrected chi connectivity index (χ4v) is 1.52. The van der Waals surface area contributed by atoms with Crippen LogP contribution in [0.3, 0.4) is 0 Å². The van der Waals surface area contributed by atoms with Crippen molar-refractivity contribution in [3.8, 4) is 0 Å². The number of nitrogens with one attached hydrogen (secondary N) is 3. The lowest BCUT2D eigenvalue weighted by molar-refractivity contribution is -0.116. The lowest BCUT2D eigenvalue weighted by Crippen LogP contribution is -2.37. The van der Waals surface area contributed by atoms with Crippen LogP contribution in [0.15, 0.2) is 35.3 Å². The first-order valence-corrected chi connectivity index (χ1v) is 6.63. The maximum Gasteiger partial charge on any atom is 0.226 e. The molecule has 0 fully saturated rings. The molecule has 1 amide bonds. The zero-order chi connectivity index (χ0) is 13.9. The predicted molar refractivity (Wildman–Crippen MR) is 94.8 cm³/mol. The summed E-state index contributed by atoms with van der Waals surface area (Å²) in [5.74, 6) is 0.722. The van der Waals surface area contributed by atoms with Crippen molar-refractivity contribution in [1.29, 1.82) is 0 Å². The SMILES string of the molecule is CCNC(=NCCC(=O)Nc1ccccc1)NCC.I. The third kappa shape index (κ3) is 7.98. The molecule has 1 aromatic carbocycles. The van der Waals surface area contributed by atoms with Crippen LogP contribution in [0.1, 0.15) is 20.3 Å². The number of carbonyl (C=O) groups is 1. The normalized spacial score (nSPS) is 9.10. The van der Waals surface area contributed by atoms with E-state index in [1.54, 1.807) is 0 Å². The van der Waals surface area contributed by atoms with Gasteiger partial charge in [-0.1, -0.05) is 18.2 Å². The molecule has 3 N–H and O–H groups in total. The molecule has 0 atom stereocenters. The maximum absolute atomic E-state index is 11.7. The van der Waals surface area contributed by atoms with Crippen LogP contribution in [0.2, 0.25) is 0 Å². The van der Waals surface area contributed by atoms with Gasteiger partial charge < -0.3 is 16.0 Å². The monoisotopic (exact) mass is 390 g/mol. The van der Waals surface area contributed by atoms with Gasteiger partial charge in [0.05, 0.1) is 6.54 Å². The number of carbonyl (C=O) groups excluding carboxylic acids is 1. The van der Waals surface area contributed by atoms with Crippen molar-refractivity contribution in [2.24, 2.45) is 4.99 Å². The minimum Gasteiger partial charge on any atom is -0.357 e. The molecule has 0 aliphatic rings. The first-order chi connectivity index (χ1) is 9.26. The van der Waals surface area contributed by atoms with E-state index in [0.29, 0.717) is 13.0 Å². The van der Waals surface area contributed by atoms with Crippen LogP contribution < -0.4 is 16.0 Å². The van der Waals surface area contributed by atoms with Crippen LogP contribution in [0.25, 0.3) is 0 Å². The van der Waals surface area contributed by atoms with E-state index in [1.165, 1.54) is 0 Å². The summed E-state index contributed by atoms with van der Waals surface area (Å²) in [4.78, 5) is 16.0. The summed E-state index contributed by atoms with van der Waals surface area (Å²) in [6.45, 7) is 6.10. The largest absolute Gasteiger partial charge is 0.357 e. The highest BCUT2D eigenvalue weighted by molar-refractivity contribution is 14.0. The fourth-order valence-electron chi connectivity index (χ4n) is 1.52. The molecule has 0 aromatic heterocycles. The van der Waals surface area contributed by atoms with Crippen molar-refractivity contribution in [1.82, 2.24) is 10.6 Å². The Morgan fingerprint density at radius 3 is 2.25 bits per heavy atom. The van der Waals surface area contributed by atoms with E-state index in [2.05, 4.69) is 20.9 Å². The first kappa shape index (κ1) is 18.7. The Morgan fingerprint density at radius 2 is 1.70 bits per heavy atom. The number of benzene rings is 1. The van der Waals surface area contributed by atoms with Gasteiger partial charge in [-0.05, 0) is 26.0 Å². The standard InChI is InChI=1S/C14H22N4O.HI/c1-3-15-14(16-4-2)17-11-10-13(19)18-12-8-6-5-7-9-12;/h5-9H,3-4,10-11H2,1-2H3,(H,18,19)(H2,15,16,17);1H. The number of guanidine groups is 1. The molecule has 1 aromatic rings. The zero-order valence-electron chi connectivity index (χ0n) is 12.0. The van der Waals surface area contributed by atoms with Gasteiger partial charge in [0.1, 0.15) is 0 Å². The van der Waals surface area contributed by atoms with Crippen LogP contribution in [0.5, 0.6) is 0 Å². The van der Waals surface area contributed by atoms with Gasteiger partial charge >= 0.3 is 0 Å². The first-order valence-electron chi connectivity index (χ1n) is 6.63. The smallest absolute Gasteiger partial charge is 0.226 e.